The molecule has 0 saturated carbocycles. The lowest BCUT2D eigenvalue weighted by Crippen LogP contribution is -2.23. The van der Waals surface area contributed by atoms with E-state index in [1.54, 1.807) is 10.6 Å². The van der Waals surface area contributed by atoms with Crippen molar-refractivity contribution < 1.29 is 4.52 Å². The molecule has 3 heterocycles. The third-order valence-corrected chi connectivity index (χ3v) is 5.49. The van der Waals surface area contributed by atoms with Gasteiger partial charge in [-0.15, -0.1) is 5.10 Å². The number of fused-ring (bicyclic) bond motifs is 1. The second-order valence-electron chi connectivity index (χ2n) is 7.77. The fraction of sp³-hybridized carbons (Fsp3) is 0.318. The van der Waals surface area contributed by atoms with Crippen LogP contribution in [0.5, 0.6) is 0 Å². The summed E-state index contributed by atoms with van der Waals surface area (Å²) in [6.45, 7) is 6.03. The molecule has 0 fully saturated rings. The van der Waals surface area contributed by atoms with Crippen LogP contribution < -0.4 is 16.4 Å². The van der Waals surface area contributed by atoms with Crippen LogP contribution in [-0.2, 0) is 0 Å². The molecule has 0 unspecified atom stereocenters. The monoisotopic (exact) mass is 465 g/mol. The summed E-state index contributed by atoms with van der Waals surface area (Å²) in [7, 11) is 0. The van der Waals surface area contributed by atoms with Gasteiger partial charge in [-0.05, 0) is 38.5 Å². The summed E-state index contributed by atoms with van der Waals surface area (Å²) in [5.41, 5.74) is 9.68. The summed E-state index contributed by atoms with van der Waals surface area (Å²) in [5.74, 6) is 2.17. The van der Waals surface area contributed by atoms with Gasteiger partial charge in [0.2, 0.25) is 5.95 Å². The zero-order valence-electron chi connectivity index (χ0n) is 18.5. The van der Waals surface area contributed by atoms with Gasteiger partial charge in [-0.2, -0.15) is 14.8 Å². The lowest BCUT2D eigenvalue weighted by atomic mass is 10.0. The molecule has 0 spiro atoms. The van der Waals surface area contributed by atoms with E-state index in [1.807, 2.05) is 45.0 Å². The van der Waals surface area contributed by atoms with Crippen molar-refractivity contribution in [3.05, 3.63) is 63.6 Å². The number of aromatic nitrogens is 5. The van der Waals surface area contributed by atoms with Crippen molar-refractivity contribution in [3.63, 3.8) is 0 Å². The van der Waals surface area contributed by atoms with Crippen molar-refractivity contribution >= 4 is 29.1 Å². The van der Waals surface area contributed by atoms with Crippen molar-refractivity contribution in [1.29, 1.82) is 5.26 Å². The average molecular weight is 466 g/mol. The SMILES string of the molecule is Cc1cc(NC[C@@H](N)c2c(C)noc2C)n2nc(N[C@H](CC#N)c3cccc(Cl)c3)nc2n1. The summed E-state index contributed by atoms with van der Waals surface area (Å²) in [6.07, 6.45) is 0.222. The van der Waals surface area contributed by atoms with Crippen molar-refractivity contribution in [2.45, 2.75) is 39.3 Å². The van der Waals surface area contributed by atoms with E-state index in [-0.39, 0.29) is 18.5 Å². The Hall–Kier alpha value is -3.68. The summed E-state index contributed by atoms with van der Waals surface area (Å²) in [5, 5.41) is 25.0. The molecule has 33 heavy (non-hydrogen) atoms. The third-order valence-electron chi connectivity index (χ3n) is 5.25. The smallest absolute Gasteiger partial charge is 0.256 e. The standard InChI is InChI=1S/C22H24ClN9O/c1-12-9-19(26-11-17(25)20-13(2)31-33-14(20)3)32-22(27-12)29-21(30-32)28-18(7-8-24)15-5-4-6-16(23)10-15/h4-6,9-10,17-18,26H,7,11,25H2,1-3H3,(H,28,30)/t17-,18-/m1/s1. The maximum atomic E-state index is 9.29. The van der Waals surface area contributed by atoms with Crippen molar-refractivity contribution in [1.82, 2.24) is 24.7 Å². The van der Waals surface area contributed by atoms with Crippen LogP contribution in [0.2, 0.25) is 5.02 Å². The van der Waals surface area contributed by atoms with Gasteiger partial charge in [-0.3, -0.25) is 0 Å². The molecule has 0 amide bonds. The summed E-state index contributed by atoms with van der Waals surface area (Å²) >= 11 is 6.13. The average Bonchev–Trinajstić information content (AvgIpc) is 3.33. The van der Waals surface area contributed by atoms with Crippen LogP contribution >= 0.6 is 11.6 Å². The Morgan fingerprint density at radius 2 is 2.06 bits per heavy atom. The molecule has 0 aliphatic carbocycles. The second-order valence-corrected chi connectivity index (χ2v) is 8.21. The first-order valence-electron chi connectivity index (χ1n) is 10.4. The Morgan fingerprint density at radius 3 is 2.76 bits per heavy atom. The van der Waals surface area contributed by atoms with Crippen molar-refractivity contribution in [3.8, 4) is 6.07 Å². The number of anilines is 2. The Morgan fingerprint density at radius 1 is 1.24 bits per heavy atom. The Bertz CT molecular complexity index is 1300. The molecule has 0 aliphatic heterocycles. The minimum atomic E-state index is -0.323. The maximum absolute atomic E-state index is 9.29. The predicted molar refractivity (Wildman–Crippen MR) is 125 cm³/mol. The number of nitriles is 1. The van der Waals surface area contributed by atoms with E-state index in [9.17, 15) is 5.26 Å². The normalized spacial score (nSPS) is 13.0. The highest BCUT2D eigenvalue weighted by Crippen LogP contribution is 2.25. The largest absolute Gasteiger partial charge is 0.368 e. The molecule has 4 N–H and O–H groups in total. The molecule has 170 valence electrons. The molecule has 0 radical (unpaired) electrons. The van der Waals surface area contributed by atoms with Crippen molar-refractivity contribution in [2.24, 2.45) is 5.73 Å². The number of aryl methyl sites for hydroxylation is 3. The molecule has 1 aromatic carbocycles. The number of hydrogen-bond acceptors (Lipinski definition) is 9. The summed E-state index contributed by atoms with van der Waals surface area (Å²) in [6, 6.07) is 10.8. The second kappa shape index (κ2) is 9.44. The van der Waals surface area contributed by atoms with Gasteiger partial charge in [-0.25, -0.2) is 4.98 Å². The highest BCUT2D eigenvalue weighted by atomic mass is 35.5. The van der Waals surface area contributed by atoms with Crippen molar-refractivity contribution in [2.75, 3.05) is 17.2 Å². The Balaban J connectivity index is 1.58. The first-order chi connectivity index (χ1) is 15.9. The number of nitrogens with zero attached hydrogens (tertiary/aromatic N) is 6. The fourth-order valence-corrected chi connectivity index (χ4v) is 3.93. The molecule has 2 atom stereocenters. The predicted octanol–water partition coefficient (Wildman–Crippen LogP) is 3.87. The lowest BCUT2D eigenvalue weighted by molar-refractivity contribution is 0.391. The minimum Gasteiger partial charge on any atom is -0.368 e. The van der Waals surface area contributed by atoms with Crippen LogP contribution in [0, 0.1) is 32.1 Å². The van der Waals surface area contributed by atoms with E-state index in [1.165, 1.54) is 0 Å². The summed E-state index contributed by atoms with van der Waals surface area (Å²) < 4.78 is 6.83. The van der Waals surface area contributed by atoms with Gasteiger partial charge in [0.05, 0.1) is 30.3 Å². The van der Waals surface area contributed by atoms with E-state index < -0.39 is 0 Å². The first kappa shape index (κ1) is 22.5. The zero-order valence-corrected chi connectivity index (χ0v) is 19.3. The quantitative estimate of drug-likeness (QED) is 0.353. The number of hydrogen-bond donors (Lipinski definition) is 3. The topological polar surface area (TPSA) is 143 Å². The van der Waals surface area contributed by atoms with Gasteiger partial charge in [0, 0.05) is 28.9 Å². The number of nitrogens with one attached hydrogen (secondary N) is 2. The molecular formula is C22H24ClN9O. The fourth-order valence-electron chi connectivity index (χ4n) is 3.73. The van der Waals surface area contributed by atoms with E-state index in [0.717, 1.165) is 22.5 Å². The highest BCUT2D eigenvalue weighted by molar-refractivity contribution is 6.30. The molecule has 0 saturated heterocycles. The number of nitrogens with two attached hydrogens (primary N) is 1. The van der Waals surface area contributed by atoms with Gasteiger partial charge in [0.25, 0.3) is 5.78 Å². The number of halogens is 1. The number of benzene rings is 1. The van der Waals surface area contributed by atoms with E-state index in [0.29, 0.717) is 34.9 Å². The molecule has 3 aromatic heterocycles. The van der Waals surface area contributed by atoms with Gasteiger partial charge in [0.1, 0.15) is 11.6 Å². The van der Waals surface area contributed by atoms with Gasteiger partial charge in [-0.1, -0.05) is 28.9 Å². The molecule has 4 rings (SSSR count). The molecule has 0 aliphatic rings. The van der Waals surface area contributed by atoms with E-state index >= 15 is 0 Å². The van der Waals surface area contributed by atoms with Crippen LogP contribution in [0.3, 0.4) is 0 Å². The van der Waals surface area contributed by atoms with Gasteiger partial charge in [0.15, 0.2) is 0 Å². The van der Waals surface area contributed by atoms with Gasteiger partial charge < -0.3 is 20.9 Å². The highest BCUT2D eigenvalue weighted by Gasteiger charge is 2.19. The molecule has 4 aromatic rings. The Labute approximate surface area is 195 Å². The Kier molecular flexibility index (Phi) is 6.44. The van der Waals surface area contributed by atoms with Crippen LogP contribution in [0.1, 0.15) is 46.8 Å². The molecular weight excluding hydrogens is 442 g/mol. The van der Waals surface area contributed by atoms with E-state index in [2.05, 4.69) is 36.9 Å². The molecule has 11 heteroatoms. The zero-order chi connectivity index (χ0) is 23.5. The van der Waals surface area contributed by atoms with Crippen LogP contribution in [0.15, 0.2) is 34.9 Å². The van der Waals surface area contributed by atoms with Crippen LogP contribution in [-0.4, -0.2) is 31.3 Å². The van der Waals surface area contributed by atoms with E-state index in [4.69, 9.17) is 21.9 Å². The number of rotatable bonds is 8. The summed E-state index contributed by atoms with van der Waals surface area (Å²) in [4.78, 5) is 8.97. The molecule has 10 nitrogen and oxygen atoms in total. The maximum Gasteiger partial charge on any atom is 0.256 e. The first-order valence-corrected chi connectivity index (χ1v) is 10.8. The minimum absolute atomic E-state index is 0.222. The van der Waals surface area contributed by atoms with Gasteiger partial charge >= 0.3 is 0 Å². The van der Waals surface area contributed by atoms with Crippen LogP contribution in [0.4, 0.5) is 11.8 Å². The van der Waals surface area contributed by atoms with Crippen LogP contribution in [0.25, 0.3) is 5.78 Å². The third kappa shape index (κ3) is 4.89. The lowest BCUT2D eigenvalue weighted by Gasteiger charge is -2.15. The molecule has 0 bridgehead atoms.